The Morgan fingerprint density at radius 1 is 1.36 bits per heavy atom. The van der Waals surface area contributed by atoms with Crippen LogP contribution in [0.3, 0.4) is 0 Å². The maximum Gasteiger partial charge on any atom is 0.170 e. The normalized spacial score (nSPS) is 23.6. The van der Waals surface area contributed by atoms with Crippen LogP contribution in [0.2, 0.25) is 0 Å². The molecule has 1 unspecified atom stereocenters. The molecule has 0 amide bonds. The number of hydrogen-bond acceptors (Lipinski definition) is 3. The Kier molecular flexibility index (Phi) is 5.28. The Bertz CT molecular complexity index is 558. The first-order valence-corrected chi connectivity index (χ1v) is 8.10. The van der Waals surface area contributed by atoms with Crippen molar-refractivity contribution in [3.8, 4) is 5.75 Å². The van der Waals surface area contributed by atoms with E-state index in [1.54, 1.807) is 7.11 Å². The number of nitrogens with zero attached hydrogens (tertiary/aromatic N) is 1. The van der Waals surface area contributed by atoms with Crippen LogP contribution in [0, 0.1) is 0 Å². The van der Waals surface area contributed by atoms with Crippen LogP contribution in [0.1, 0.15) is 44.6 Å². The summed E-state index contributed by atoms with van der Waals surface area (Å²) in [4.78, 5) is 15.2. The van der Waals surface area contributed by atoms with Crippen LogP contribution in [-0.4, -0.2) is 31.9 Å². The lowest BCUT2D eigenvalue weighted by Gasteiger charge is -2.37. The average Bonchev–Trinajstić information content (AvgIpc) is 2.51. The van der Waals surface area contributed by atoms with Crippen LogP contribution < -0.4 is 4.74 Å². The minimum absolute atomic E-state index is 0.294. The monoisotopic (exact) mass is 301 g/mol. The molecule has 0 bridgehead atoms. The lowest BCUT2D eigenvalue weighted by Crippen LogP contribution is -2.40. The van der Waals surface area contributed by atoms with Gasteiger partial charge >= 0.3 is 0 Å². The SMILES string of the molecule is CCCC1(c2cccc(OC)c2)CCC/C(=C\N(C)C)C1=O. The highest BCUT2D eigenvalue weighted by Gasteiger charge is 2.43. The number of hydrogen-bond donors (Lipinski definition) is 0. The van der Waals surface area contributed by atoms with Gasteiger partial charge in [0.2, 0.25) is 0 Å². The minimum Gasteiger partial charge on any atom is -0.497 e. The van der Waals surface area contributed by atoms with Crippen molar-refractivity contribution in [3.63, 3.8) is 0 Å². The van der Waals surface area contributed by atoms with Crippen LogP contribution >= 0.6 is 0 Å². The molecule has 0 radical (unpaired) electrons. The maximum atomic E-state index is 13.2. The first-order chi connectivity index (χ1) is 10.5. The van der Waals surface area contributed by atoms with Gasteiger partial charge in [0.05, 0.1) is 12.5 Å². The van der Waals surface area contributed by atoms with E-state index in [1.807, 2.05) is 43.4 Å². The number of ether oxygens (including phenoxy) is 1. The molecule has 1 fully saturated rings. The van der Waals surface area contributed by atoms with E-state index in [0.29, 0.717) is 5.78 Å². The van der Waals surface area contributed by atoms with E-state index in [4.69, 9.17) is 4.74 Å². The summed E-state index contributed by atoms with van der Waals surface area (Å²) in [5.74, 6) is 1.12. The molecule has 1 aliphatic rings. The van der Waals surface area contributed by atoms with E-state index in [1.165, 1.54) is 0 Å². The van der Waals surface area contributed by atoms with Crippen molar-refractivity contribution >= 4 is 5.78 Å². The molecule has 1 saturated carbocycles. The summed E-state index contributed by atoms with van der Waals surface area (Å²) in [6.07, 6.45) is 6.75. The smallest absolute Gasteiger partial charge is 0.170 e. The van der Waals surface area contributed by atoms with Gasteiger partial charge in [-0.2, -0.15) is 0 Å². The molecule has 3 nitrogen and oxygen atoms in total. The summed E-state index contributed by atoms with van der Waals surface area (Å²) in [5.41, 5.74) is 1.67. The van der Waals surface area contributed by atoms with Crippen LogP contribution in [0.4, 0.5) is 0 Å². The summed E-state index contributed by atoms with van der Waals surface area (Å²) in [6.45, 7) is 2.15. The molecule has 0 saturated heterocycles. The molecule has 0 aromatic heterocycles. The molecular weight excluding hydrogens is 274 g/mol. The molecule has 120 valence electrons. The third-order valence-corrected chi connectivity index (χ3v) is 4.49. The standard InChI is InChI=1S/C19H27NO2/c1-5-11-19(16-9-6-10-17(13-16)22-4)12-7-8-15(18(19)21)14-20(2)3/h6,9-10,13-14H,5,7-8,11-12H2,1-4H3/b15-14+. The van der Waals surface area contributed by atoms with Gasteiger partial charge in [0, 0.05) is 25.9 Å². The third kappa shape index (κ3) is 3.18. The molecular formula is C19H27NO2. The van der Waals surface area contributed by atoms with Gasteiger partial charge in [0.25, 0.3) is 0 Å². The summed E-state index contributed by atoms with van der Waals surface area (Å²) in [7, 11) is 5.62. The van der Waals surface area contributed by atoms with Crippen molar-refractivity contribution in [2.45, 2.75) is 44.4 Å². The van der Waals surface area contributed by atoms with Crippen LogP contribution in [0.25, 0.3) is 0 Å². The summed E-state index contributed by atoms with van der Waals surface area (Å²) < 4.78 is 5.36. The quantitative estimate of drug-likeness (QED) is 0.772. The summed E-state index contributed by atoms with van der Waals surface area (Å²) in [5, 5.41) is 0. The molecule has 2 rings (SSSR count). The molecule has 0 N–H and O–H groups in total. The Labute approximate surface area is 134 Å². The number of carbonyl (C=O) groups excluding carboxylic acids is 1. The topological polar surface area (TPSA) is 29.5 Å². The van der Waals surface area contributed by atoms with Gasteiger partial charge in [0.15, 0.2) is 5.78 Å². The highest BCUT2D eigenvalue weighted by Crippen LogP contribution is 2.43. The lowest BCUT2D eigenvalue weighted by molar-refractivity contribution is -0.122. The van der Waals surface area contributed by atoms with Crippen LogP contribution in [-0.2, 0) is 10.2 Å². The molecule has 22 heavy (non-hydrogen) atoms. The van der Waals surface area contributed by atoms with Crippen molar-refractivity contribution in [1.82, 2.24) is 4.90 Å². The van der Waals surface area contributed by atoms with Crippen molar-refractivity contribution in [2.24, 2.45) is 0 Å². The molecule has 0 spiro atoms. The van der Waals surface area contributed by atoms with E-state index in [9.17, 15) is 4.79 Å². The van der Waals surface area contributed by atoms with Crippen molar-refractivity contribution < 1.29 is 9.53 Å². The molecule has 0 heterocycles. The van der Waals surface area contributed by atoms with Crippen LogP contribution in [0.5, 0.6) is 5.75 Å². The second-order valence-corrected chi connectivity index (χ2v) is 6.36. The highest BCUT2D eigenvalue weighted by molar-refractivity contribution is 6.04. The van der Waals surface area contributed by atoms with Crippen molar-refractivity contribution in [2.75, 3.05) is 21.2 Å². The Morgan fingerprint density at radius 3 is 2.77 bits per heavy atom. The number of ketones is 1. The number of rotatable bonds is 5. The molecule has 1 aromatic rings. The zero-order valence-corrected chi connectivity index (χ0v) is 14.2. The second-order valence-electron chi connectivity index (χ2n) is 6.36. The zero-order chi connectivity index (χ0) is 16.2. The predicted octanol–water partition coefficient (Wildman–Crippen LogP) is 3.93. The van der Waals surface area contributed by atoms with E-state index >= 15 is 0 Å². The van der Waals surface area contributed by atoms with E-state index < -0.39 is 0 Å². The van der Waals surface area contributed by atoms with E-state index in [-0.39, 0.29) is 5.41 Å². The van der Waals surface area contributed by atoms with Gasteiger partial charge in [-0.25, -0.2) is 0 Å². The Morgan fingerprint density at radius 2 is 2.14 bits per heavy atom. The Balaban J connectivity index is 2.48. The van der Waals surface area contributed by atoms with Crippen molar-refractivity contribution in [3.05, 3.63) is 41.6 Å². The second kappa shape index (κ2) is 6.99. The van der Waals surface area contributed by atoms with Gasteiger partial charge in [-0.3, -0.25) is 4.79 Å². The molecule has 1 aliphatic carbocycles. The molecule has 1 aromatic carbocycles. The fraction of sp³-hybridized carbons (Fsp3) is 0.526. The van der Waals surface area contributed by atoms with Gasteiger partial charge in [0.1, 0.15) is 5.75 Å². The lowest BCUT2D eigenvalue weighted by atomic mass is 9.64. The fourth-order valence-electron chi connectivity index (χ4n) is 3.56. The molecule has 0 aliphatic heterocycles. The highest BCUT2D eigenvalue weighted by atomic mass is 16.5. The van der Waals surface area contributed by atoms with Gasteiger partial charge in [-0.1, -0.05) is 25.5 Å². The molecule has 3 heteroatoms. The largest absolute Gasteiger partial charge is 0.497 e. The van der Waals surface area contributed by atoms with Gasteiger partial charge in [-0.05, 0) is 43.4 Å². The summed E-state index contributed by atoms with van der Waals surface area (Å²) >= 11 is 0. The number of carbonyl (C=O) groups is 1. The number of benzene rings is 1. The third-order valence-electron chi connectivity index (χ3n) is 4.49. The zero-order valence-electron chi connectivity index (χ0n) is 14.2. The van der Waals surface area contributed by atoms with E-state index in [2.05, 4.69) is 13.0 Å². The van der Waals surface area contributed by atoms with Crippen molar-refractivity contribution in [1.29, 1.82) is 0 Å². The number of methoxy groups -OCH3 is 1. The average molecular weight is 301 g/mol. The fourth-order valence-corrected chi connectivity index (χ4v) is 3.56. The maximum absolute atomic E-state index is 13.2. The number of allylic oxidation sites excluding steroid dienone is 1. The summed E-state index contributed by atoms with van der Waals surface area (Å²) in [6, 6.07) is 8.04. The van der Waals surface area contributed by atoms with Crippen LogP contribution in [0.15, 0.2) is 36.0 Å². The minimum atomic E-state index is -0.386. The molecule has 1 atom stereocenters. The number of Topliss-reactive ketones (excluding diaryl/α,β-unsaturated/α-hetero) is 1. The van der Waals surface area contributed by atoms with Gasteiger partial charge < -0.3 is 9.64 Å². The first kappa shape index (κ1) is 16.6. The Hall–Kier alpha value is -1.77. The first-order valence-electron chi connectivity index (χ1n) is 8.10. The predicted molar refractivity (Wildman–Crippen MR) is 90.2 cm³/mol. The van der Waals surface area contributed by atoms with E-state index in [0.717, 1.165) is 49.0 Å². The van der Waals surface area contributed by atoms with Gasteiger partial charge in [-0.15, -0.1) is 0 Å².